The molecule has 0 aromatic carbocycles. The second-order valence-electron chi connectivity index (χ2n) is 1.55. The van der Waals surface area contributed by atoms with E-state index in [0.717, 1.165) is 8.79 Å². The van der Waals surface area contributed by atoms with Crippen molar-refractivity contribution in [1.29, 1.82) is 0 Å². The van der Waals surface area contributed by atoms with E-state index in [1.807, 2.05) is 6.08 Å². The maximum atomic E-state index is 4.74. The quantitative estimate of drug-likeness (QED) is 0.714. The Morgan fingerprint density at radius 2 is 2.60 bits per heavy atom. The summed E-state index contributed by atoms with van der Waals surface area (Å²) in [7, 11) is 1.62. The molecular formula is C6H6BrNOS. The lowest BCUT2D eigenvalue weighted by molar-refractivity contribution is 0.341. The topological polar surface area (TPSA) is 22.1 Å². The number of methoxy groups -OCH3 is 1. The van der Waals surface area contributed by atoms with E-state index in [0.29, 0.717) is 0 Å². The summed E-state index contributed by atoms with van der Waals surface area (Å²) in [6, 6.07) is 0. The van der Waals surface area contributed by atoms with Crippen molar-refractivity contribution in [2.45, 2.75) is 0 Å². The molecule has 2 nitrogen and oxygen atoms in total. The van der Waals surface area contributed by atoms with E-state index in [4.69, 9.17) is 4.74 Å². The van der Waals surface area contributed by atoms with E-state index in [2.05, 4.69) is 20.9 Å². The summed E-state index contributed by atoms with van der Waals surface area (Å²) in [5.41, 5.74) is 0. The Morgan fingerprint density at radius 3 is 3.10 bits per heavy atom. The maximum absolute atomic E-state index is 4.74. The third-order valence-corrected chi connectivity index (χ3v) is 2.31. The van der Waals surface area contributed by atoms with Crippen molar-refractivity contribution in [2.75, 3.05) is 7.11 Å². The molecule has 0 atom stereocenters. The van der Waals surface area contributed by atoms with Gasteiger partial charge in [0.2, 0.25) is 0 Å². The van der Waals surface area contributed by atoms with E-state index in [1.165, 1.54) is 0 Å². The summed E-state index contributed by atoms with van der Waals surface area (Å²) in [5.74, 6) is 0. The zero-order valence-electron chi connectivity index (χ0n) is 5.37. The van der Waals surface area contributed by atoms with E-state index >= 15 is 0 Å². The van der Waals surface area contributed by atoms with Gasteiger partial charge in [0.25, 0.3) is 0 Å². The third kappa shape index (κ3) is 2.11. The number of ether oxygens (including phenoxy) is 1. The van der Waals surface area contributed by atoms with Gasteiger partial charge in [0, 0.05) is 6.20 Å². The van der Waals surface area contributed by atoms with Crippen LogP contribution in [0.2, 0.25) is 0 Å². The summed E-state index contributed by atoms with van der Waals surface area (Å²) >= 11 is 4.82. The van der Waals surface area contributed by atoms with Crippen molar-refractivity contribution in [2.24, 2.45) is 0 Å². The first-order chi connectivity index (χ1) is 4.83. The highest BCUT2D eigenvalue weighted by molar-refractivity contribution is 9.11. The van der Waals surface area contributed by atoms with Gasteiger partial charge in [-0.1, -0.05) is 0 Å². The minimum absolute atomic E-state index is 0.892. The van der Waals surface area contributed by atoms with E-state index in [-0.39, 0.29) is 0 Å². The molecule has 0 saturated carbocycles. The first-order valence-corrected chi connectivity index (χ1v) is 4.24. The summed E-state index contributed by atoms with van der Waals surface area (Å²) in [6.45, 7) is 0. The molecule has 0 aliphatic carbocycles. The SMILES string of the molecule is CO/C=C/c1cnc(Br)s1. The van der Waals surface area contributed by atoms with Crippen LogP contribution in [-0.2, 0) is 4.74 Å². The molecule has 0 bridgehead atoms. The Hall–Kier alpha value is -0.350. The molecule has 0 aliphatic heterocycles. The molecule has 1 rings (SSSR count). The van der Waals surface area contributed by atoms with Crippen LogP contribution in [0.15, 0.2) is 16.4 Å². The standard InChI is InChI=1S/C6H6BrNOS/c1-9-3-2-5-4-8-6(7)10-5/h2-4H,1H3/b3-2+. The van der Waals surface area contributed by atoms with Gasteiger partial charge in [-0.15, -0.1) is 11.3 Å². The van der Waals surface area contributed by atoms with E-state index < -0.39 is 0 Å². The molecule has 4 heteroatoms. The van der Waals surface area contributed by atoms with Gasteiger partial charge in [0.05, 0.1) is 18.2 Å². The van der Waals surface area contributed by atoms with Gasteiger partial charge < -0.3 is 4.74 Å². The second-order valence-corrected chi connectivity index (χ2v) is 3.89. The number of hydrogen-bond donors (Lipinski definition) is 0. The largest absolute Gasteiger partial charge is 0.504 e. The Balaban J connectivity index is 2.67. The Kier molecular flexibility index (Phi) is 2.89. The fourth-order valence-corrected chi connectivity index (χ4v) is 1.67. The van der Waals surface area contributed by atoms with Gasteiger partial charge in [-0.2, -0.15) is 0 Å². The molecule has 0 unspecified atom stereocenters. The highest BCUT2D eigenvalue weighted by atomic mass is 79.9. The maximum Gasteiger partial charge on any atom is 0.159 e. The zero-order chi connectivity index (χ0) is 7.40. The lowest BCUT2D eigenvalue weighted by Gasteiger charge is -1.82. The van der Waals surface area contributed by atoms with Crippen LogP contribution in [0.4, 0.5) is 0 Å². The van der Waals surface area contributed by atoms with Gasteiger partial charge in [0.1, 0.15) is 0 Å². The van der Waals surface area contributed by atoms with E-state index in [1.54, 1.807) is 30.9 Å². The highest BCUT2D eigenvalue weighted by Gasteiger charge is 1.92. The van der Waals surface area contributed by atoms with Crippen LogP contribution in [0, 0.1) is 0 Å². The van der Waals surface area contributed by atoms with Crippen LogP contribution in [-0.4, -0.2) is 12.1 Å². The molecule has 0 aliphatic rings. The number of halogens is 1. The Labute approximate surface area is 71.7 Å². The average molecular weight is 220 g/mol. The first kappa shape index (κ1) is 7.75. The van der Waals surface area contributed by atoms with Crippen molar-refractivity contribution in [3.05, 3.63) is 21.3 Å². The molecular weight excluding hydrogens is 214 g/mol. The van der Waals surface area contributed by atoms with Gasteiger partial charge >= 0.3 is 0 Å². The Bertz CT molecular complexity index is 233. The normalized spacial score (nSPS) is 10.6. The molecule has 0 saturated heterocycles. The van der Waals surface area contributed by atoms with Gasteiger partial charge in [-0.25, -0.2) is 4.98 Å². The molecule has 0 N–H and O–H groups in total. The van der Waals surface area contributed by atoms with Crippen molar-refractivity contribution in [3.8, 4) is 0 Å². The van der Waals surface area contributed by atoms with Gasteiger partial charge in [0.15, 0.2) is 3.92 Å². The lowest BCUT2D eigenvalue weighted by atomic mass is 10.5. The summed E-state index contributed by atoms with van der Waals surface area (Å²) in [5, 5.41) is 0. The summed E-state index contributed by atoms with van der Waals surface area (Å²) < 4.78 is 5.63. The molecule has 0 fully saturated rings. The Morgan fingerprint density at radius 1 is 1.80 bits per heavy atom. The predicted molar refractivity (Wildman–Crippen MR) is 45.9 cm³/mol. The zero-order valence-corrected chi connectivity index (χ0v) is 7.78. The minimum atomic E-state index is 0.892. The number of nitrogens with zero attached hydrogens (tertiary/aromatic N) is 1. The fraction of sp³-hybridized carbons (Fsp3) is 0.167. The van der Waals surface area contributed by atoms with Crippen LogP contribution >= 0.6 is 27.3 Å². The summed E-state index contributed by atoms with van der Waals surface area (Å²) in [6.07, 6.45) is 5.27. The molecule has 0 spiro atoms. The molecule has 1 aromatic rings. The van der Waals surface area contributed by atoms with Gasteiger partial charge in [-0.05, 0) is 22.0 Å². The molecule has 54 valence electrons. The first-order valence-electron chi connectivity index (χ1n) is 2.63. The van der Waals surface area contributed by atoms with Crippen LogP contribution in [0.1, 0.15) is 4.88 Å². The highest BCUT2D eigenvalue weighted by Crippen LogP contribution is 2.19. The number of thiazole rings is 1. The third-order valence-electron chi connectivity index (χ3n) is 0.864. The van der Waals surface area contributed by atoms with E-state index in [9.17, 15) is 0 Å². The smallest absolute Gasteiger partial charge is 0.159 e. The van der Waals surface area contributed by atoms with Crippen molar-refractivity contribution >= 4 is 33.3 Å². The van der Waals surface area contributed by atoms with Crippen molar-refractivity contribution in [1.82, 2.24) is 4.98 Å². The molecule has 0 radical (unpaired) electrons. The molecule has 1 aromatic heterocycles. The van der Waals surface area contributed by atoms with Crippen LogP contribution in [0.3, 0.4) is 0 Å². The average Bonchev–Trinajstić information content (AvgIpc) is 2.31. The molecule has 1 heterocycles. The van der Waals surface area contributed by atoms with Gasteiger partial charge in [-0.3, -0.25) is 0 Å². The monoisotopic (exact) mass is 219 g/mol. The summed E-state index contributed by atoms with van der Waals surface area (Å²) in [4.78, 5) is 5.08. The predicted octanol–water partition coefficient (Wildman–Crippen LogP) is 2.52. The molecule has 10 heavy (non-hydrogen) atoms. The number of aromatic nitrogens is 1. The fourth-order valence-electron chi connectivity index (χ4n) is 0.476. The number of hydrogen-bond acceptors (Lipinski definition) is 3. The molecule has 0 amide bonds. The minimum Gasteiger partial charge on any atom is -0.504 e. The second kappa shape index (κ2) is 3.73. The van der Waals surface area contributed by atoms with Crippen molar-refractivity contribution < 1.29 is 4.74 Å². The number of rotatable bonds is 2. The van der Waals surface area contributed by atoms with Crippen molar-refractivity contribution in [3.63, 3.8) is 0 Å². The lowest BCUT2D eigenvalue weighted by Crippen LogP contribution is -1.62. The van der Waals surface area contributed by atoms with Crippen LogP contribution in [0.25, 0.3) is 6.08 Å². The van der Waals surface area contributed by atoms with Crippen LogP contribution in [0.5, 0.6) is 0 Å². The van der Waals surface area contributed by atoms with Crippen LogP contribution < -0.4 is 0 Å².